The van der Waals surface area contributed by atoms with E-state index in [0.717, 1.165) is 12.3 Å². The van der Waals surface area contributed by atoms with Crippen LogP contribution in [-0.2, 0) is 9.68 Å². The molecule has 4 N–H and O–H groups in total. The third-order valence-corrected chi connectivity index (χ3v) is 4.38. The van der Waals surface area contributed by atoms with E-state index in [9.17, 15) is 23.1 Å². The van der Waals surface area contributed by atoms with Gasteiger partial charge in [0.25, 0.3) is 5.91 Å². The van der Waals surface area contributed by atoms with Gasteiger partial charge in [-0.3, -0.25) is 9.63 Å². The Labute approximate surface area is 195 Å². The van der Waals surface area contributed by atoms with E-state index in [4.69, 9.17) is 9.94 Å². The second-order valence-corrected chi connectivity index (χ2v) is 8.33. The minimum atomic E-state index is -1.47. The van der Waals surface area contributed by atoms with Crippen LogP contribution in [0, 0.1) is 21.0 Å². The van der Waals surface area contributed by atoms with Gasteiger partial charge in [-0.15, -0.1) is 0 Å². The lowest BCUT2D eigenvalue weighted by Gasteiger charge is -2.18. The first-order valence-electron chi connectivity index (χ1n) is 9.18. The zero-order valence-electron chi connectivity index (χ0n) is 17.1. The molecule has 174 valence electrons. The second kappa shape index (κ2) is 11.4. The van der Waals surface area contributed by atoms with Crippen LogP contribution in [0.4, 0.5) is 24.5 Å². The van der Waals surface area contributed by atoms with Gasteiger partial charge in [0.1, 0.15) is 19.0 Å². The topological polar surface area (TPSA) is 112 Å². The molecule has 0 aromatic heterocycles. The Bertz CT molecular complexity index is 999. The maximum atomic E-state index is 14.9. The van der Waals surface area contributed by atoms with Gasteiger partial charge < -0.3 is 20.4 Å². The quantitative estimate of drug-likeness (QED) is 0.152. The SMILES string of the molecule is CC(C)(O)CONC(=O)c1cc(/C=N/OCCO)c(F)c(F)c1Nc1ccc(I)cc1F. The monoisotopic (exact) mass is 567 g/mol. The number of nitrogens with one attached hydrogen (secondary N) is 2. The zero-order chi connectivity index (χ0) is 23.9. The van der Waals surface area contributed by atoms with Crippen molar-refractivity contribution in [2.45, 2.75) is 19.4 Å². The Morgan fingerprint density at radius 1 is 1.25 bits per heavy atom. The fourth-order valence-electron chi connectivity index (χ4n) is 2.29. The molecular weight excluding hydrogens is 546 g/mol. The molecule has 0 saturated heterocycles. The van der Waals surface area contributed by atoms with E-state index in [1.165, 1.54) is 32.0 Å². The summed E-state index contributed by atoms with van der Waals surface area (Å²) in [6.07, 6.45) is 0.817. The summed E-state index contributed by atoms with van der Waals surface area (Å²) < 4.78 is 44.3. The minimum Gasteiger partial charge on any atom is -0.393 e. The Kier molecular flexibility index (Phi) is 9.24. The third kappa shape index (κ3) is 7.32. The first-order chi connectivity index (χ1) is 15.0. The molecule has 0 aliphatic carbocycles. The number of amides is 1. The van der Waals surface area contributed by atoms with Crippen LogP contribution in [0.5, 0.6) is 0 Å². The van der Waals surface area contributed by atoms with Gasteiger partial charge in [-0.05, 0) is 60.7 Å². The molecule has 0 heterocycles. The number of hydrogen-bond donors (Lipinski definition) is 4. The highest BCUT2D eigenvalue weighted by Crippen LogP contribution is 2.30. The number of benzene rings is 2. The van der Waals surface area contributed by atoms with Crippen LogP contribution in [0.3, 0.4) is 0 Å². The number of nitrogens with zero attached hydrogens (tertiary/aromatic N) is 1. The Hall–Kier alpha value is -2.42. The van der Waals surface area contributed by atoms with Gasteiger partial charge in [-0.1, -0.05) is 5.16 Å². The molecule has 0 spiro atoms. The number of oxime groups is 1. The van der Waals surface area contributed by atoms with E-state index >= 15 is 0 Å². The fourth-order valence-corrected chi connectivity index (χ4v) is 2.74. The molecule has 1 amide bonds. The molecule has 2 aromatic rings. The van der Waals surface area contributed by atoms with E-state index in [-0.39, 0.29) is 25.5 Å². The third-order valence-electron chi connectivity index (χ3n) is 3.71. The number of hydrogen-bond acceptors (Lipinski definition) is 7. The highest BCUT2D eigenvalue weighted by Gasteiger charge is 2.24. The van der Waals surface area contributed by atoms with Crippen molar-refractivity contribution in [2.75, 3.05) is 25.1 Å². The van der Waals surface area contributed by atoms with Crippen molar-refractivity contribution in [3.05, 3.63) is 56.4 Å². The van der Waals surface area contributed by atoms with E-state index < -0.39 is 45.8 Å². The molecule has 2 aromatic carbocycles. The average molecular weight is 567 g/mol. The van der Waals surface area contributed by atoms with Crippen LogP contribution in [0.15, 0.2) is 29.4 Å². The van der Waals surface area contributed by atoms with Crippen molar-refractivity contribution in [2.24, 2.45) is 5.16 Å². The van der Waals surface area contributed by atoms with Crippen molar-refractivity contribution in [1.82, 2.24) is 5.48 Å². The maximum Gasteiger partial charge on any atom is 0.277 e. The van der Waals surface area contributed by atoms with Crippen LogP contribution in [-0.4, -0.2) is 47.8 Å². The van der Waals surface area contributed by atoms with Crippen molar-refractivity contribution < 1.29 is 37.9 Å². The summed E-state index contributed by atoms with van der Waals surface area (Å²) in [4.78, 5) is 22.2. The molecule has 12 heteroatoms. The number of aliphatic hydroxyl groups is 2. The maximum absolute atomic E-state index is 14.9. The van der Waals surface area contributed by atoms with Crippen LogP contribution in [0.1, 0.15) is 29.8 Å². The largest absolute Gasteiger partial charge is 0.393 e. The van der Waals surface area contributed by atoms with Gasteiger partial charge in [-0.2, -0.15) is 0 Å². The molecule has 0 radical (unpaired) electrons. The van der Waals surface area contributed by atoms with Crippen molar-refractivity contribution in [3.8, 4) is 0 Å². The molecule has 32 heavy (non-hydrogen) atoms. The summed E-state index contributed by atoms with van der Waals surface area (Å²) in [5, 5.41) is 24.2. The number of hydroxylamine groups is 1. The average Bonchev–Trinajstić information content (AvgIpc) is 2.70. The Balaban J connectivity index is 2.45. The smallest absolute Gasteiger partial charge is 0.277 e. The van der Waals surface area contributed by atoms with Crippen LogP contribution >= 0.6 is 22.6 Å². The summed E-state index contributed by atoms with van der Waals surface area (Å²) >= 11 is 1.88. The molecule has 0 fully saturated rings. The number of rotatable bonds is 10. The summed E-state index contributed by atoms with van der Waals surface area (Å²) in [7, 11) is 0. The second-order valence-electron chi connectivity index (χ2n) is 7.09. The highest BCUT2D eigenvalue weighted by molar-refractivity contribution is 14.1. The first-order valence-corrected chi connectivity index (χ1v) is 10.3. The van der Waals surface area contributed by atoms with Crippen molar-refractivity contribution >= 4 is 46.1 Å². The molecule has 0 unspecified atom stereocenters. The van der Waals surface area contributed by atoms with Crippen molar-refractivity contribution in [3.63, 3.8) is 0 Å². The Morgan fingerprint density at radius 3 is 2.59 bits per heavy atom. The van der Waals surface area contributed by atoms with Gasteiger partial charge in [0.2, 0.25) is 0 Å². The van der Waals surface area contributed by atoms with Crippen molar-refractivity contribution in [1.29, 1.82) is 0 Å². The summed E-state index contributed by atoms with van der Waals surface area (Å²) in [6, 6.07) is 4.97. The molecule has 0 aliphatic heterocycles. The lowest BCUT2D eigenvalue weighted by atomic mass is 10.1. The Morgan fingerprint density at radius 2 is 1.97 bits per heavy atom. The number of aliphatic hydroxyl groups excluding tert-OH is 1. The first kappa shape index (κ1) is 25.8. The van der Waals surface area contributed by atoms with Gasteiger partial charge in [0.05, 0.1) is 35.4 Å². The van der Waals surface area contributed by atoms with E-state index in [0.29, 0.717) is 3.57 Å². The summed E-state index contributed by atoms with van der Waals surface area (Å²) in [5.41, 5.74) is -0.948. The van der Waals surface area contributed by atoms with Gasteiger partial charge in [0, 0.05) is 9.13 Å². The lowest BCUT2D eigenvalue weighted by molar-refractivity contribution is -0.0522. The molecule has 0 atom stereocenters. The van der Waals surface area contributed by atoms with Crippen LogP contribution < -0.4 is 10.8 Å². The highest BCUT2D eigenvalue weighted by atomic mass is 127. The molecule has 2 rings (SSSR count). The number of carbonyl (C=O) groups excluding carboxylic acids is 1. The molecule has 0 aliphatic rings. The lowest BCUT2D eigenvalue weighted by Crippen LogP contribution is -2.33. The summed E-state index contributed by atoms with van der Waals surface area (Å²) in [5.74, 6) is -4.58. The molecular formula is C20H21F3IN3O5. The number of carbonyl (C=O) groups is 1. The fraction of sp³-hybridized carbons (Fsp3) is 0.300. The van der Waals surface area contributed by atoms with Gasteiger partial charge in [0.15, 0.2) is 11.6 Å². The minimum absolute atomic E-state index is 0.176. The normalized spacial score (nSPS) is 11.6. The van der Waals surface area contributed by atoms with E-state index in [1.807, 2.05) is 28.1 Å². The van der Waals surface area contributed by atoms with Crippen LogP contribution in [0.2, 0.25) is 0 Å². The zero-order valence-corrected chi connectivity index (χ0v) is 19.2. The van der Waals surface area contributed by atoms with E-state index in [2.05, 4.69) is 15.3 Å². The van der Waals surface area contributed by atoms with E-state index in [1.54, 1.807) is 0 Å². The predicted octanol–water partition coefficient (Wildman–Crippen LogP) is 3.23. The molecule has 0 bridgehead atoms. The standard InChI is InChI=1S/C20H21F3IN3O5/c1-20(2,30)10-32-27-19(29)13-7-11(9-25-31-6-5-28)16(22)17(23)18(13)26-15-4-3-12(24)8-14(15)21/h3-4,7-9,26,28,30H,5-6,10H2,1-2H3,(H,27,29)/b25-9+. The summed E-state index contributed by atoms with van der Waals surface area (Å²) in [6.45, 7) is 2.06. The van der Waals surface area contributed by atoms with Crippen LogP contribution in [0.25, 0.3) is 0 Å². The van der Waals surface area contributed by atoms with Gasteiger partial charge in [-0.25, -0.2) is 18.7 Å². The molecule has 8 nitrogen and oxygen atoms in total. The van der Waals surface area contributed by atoms with Gasteiger partial charge >= 0.3 is 0 Å². The predicted molar refractivity (Wildman–Crippen MR) is 119 cm³/mol. The molecule has 0 saturated carbocycles. The number of halogens is 4. The number of anilines is 2.